The monoisotopic (exact) mass is 306 g/mol. The highest BCUT2D eigenvalue weighted by atomic mass is 16.5. The third kappa shape index (κ3) is 4.19. The molecule has 1 aliphatic rings. The van der Waals surface area contributed by atoms with Crippen LogP contribution in [-0.4, -0.2) is 46.2 Å². The summed E-state index contributed by atoms with van der Waals surface area (Å²) in [7, 11) is 0. The van der Waals surface area contributed by atoms with Gasteiger partial charge in [-0.05, 0) is 32.0 Å². The van der Waals surface area contributed by atoms with Crippen molar-refractivity contribution in [3.63, 3.8) is 0 Å². The highest BCUT2D eigenvalue weighted by Crippen LogP contribution is 2.29. The van der Waals surface area contributed by atoms with E-state index in [-0.39, 0.29) is 0 Å². The lowest BCUT2D eigenvalue weighted by Crippen LogP contribution is -2.53. The highest BCUT2D eigenvalue weighted by molar-refractivity contribution is 5.78. The Hall–Kier alpha value is -1.62. The number of likely N-dealkylation sites (tertiary alicyclic amines) is 1. The number of carboxylic acid groups (broad SMARTS) is 1. The van der Waals surface area contributed by atoms with Gasteiger partial charge in [-0.25, -0.2) is 4.79 Å². The molecule has 0 radical (unpaired) electrons. The number of carbonyl (C=O) groups is 1. The number of piperidine rings is 1. The van der Waals surface area contributed by atoms with Crippen molar-refractivity contribution < 1.29 is 14.6 Å². The Kier molecular flexibility index (Phi) is 5.77. The Balaban J connectivity index is 1.96. The van der Waals surface area contributed by atoms with Crippen molar-refractivity contribution in [2.24, 2.45) is 0 Å². The molecule has 0 atom stereocenters. The van der Waals surface area contributed by atoms with Crippen molar-refractivity contribution in [2.45, 2.75) is 51.6 Å². The fourth-order valence-corrected chi connectivity index (χ4v) is 2.82. The van der Waals surface area contributed by atoms with Crippen LogP contribution in [0.4, 0.5) is 0 Å². The average molecular weight is 306 g/mol. The summed E-state index contributed by atoms with van der Waals surface area (Å²) in [6, 6.07) is 3.63. The molecule has 0 aliphatic carbocycles. The number of aromatic nitrogens is 1. The number of ether oxygens (including phenoxy) is 1. The smallest absolute Gasteiger partial charge is 0.348 e. The molecule has 0 bridgehead atoms. The van der Waals surface area contributed by atoms with Gasteiger partial charge in [-0.2, -0.15) is 0 Å². The summed E-state index contributed by atoms with van der Waals surface area (Å²) in [6.45, 7) is 6.68. The van der Waals surface area contributed by atoms with Gasteiger partial charge in [0.2, 0.25) is 5.60 Å². The minimum atomic E-state index is -1.11. The quantitative estimate of drug-likeness (QED) is 0.785. The molecule has 22 heavy (non-hydrogen) atoms. The fraction of sp³-hybridized carbons (Fsp3) is 0.647. The fourth-order valence-electron chi connectivity index (χ4n) is 2.82. The summed E-state index contributed by atoms with van der Waals surface area (Å²) in [5.41, 5.74) is -0.222. The number of pyridine rings is 1. The van der Waals surface area contributed by atoms with E-state index in [4.69, 9.17) is 4.74 Å². The Bertz CT molecular complexity index is 479. The van der Waals surface area contributed by atoms with Crippen molar-refractivity contribution in [3.05, 3.63) is 24.0 Å². The Morgan fingerprint density at radius 3 is 2.64 bits per heavy atom. The molecule has 5 nitrogen and oxygen atoms in total. The lowest BCUT2D eigenvalue weighted by atomic mass is 9.91. The molecular weight excluding hydrogens is 280 g/mol. The van der Waals surface area contributed by atoms with Crippen LogP contribution in [0.15, 0.2) is 18.3 Å². The predicted octanol–water partition coefficient (Wildman–Crippen LogP) is 2.88. The average Bonchev–Trinajstić information content (AvgIpc) is 2.51. The van der Waals surface area contributed by atoms with Gasteiger partial charge < -0.3 is 14.7 Å². The number of nitrogens with zero attached hydrogens (tertiary/aromatic N) is 2. The second-order valence-electron chi connectivity index (χ2n) is 6.09. The van der Waals surface area contributed by atoms with Crippen LogP contribution >= 0.6 is 0 Å². The van der Waals surface area contributed by atoms with Crippen molar-refractivity contribution in [2.75, 3.05) is 19.6 Å². The summed E-state index contributed by atoms with van der Waals surface area (Å²) in [4.78, 5) is 18.3. The van der Waals surface area contributed by atoms with Crippen molar-refractivity contribution in [3.8, 4) is 5.75 Å². The van der Waals surface area contributed by atoms with E-state index in [1.807, 2.05) is 13.0 Å². The summed E-state index contributed by atoms with van der Waals surface area (Å²) < 4.78 is 5.84. The van der Waals surface area contributed by atoms with E-state index < -0.39 is 11.6 Å². The Morgan fingerprint density at radius 2 is 2.09 bits per heavy atom. The number of unbranched alkanes of at least 4 members (excludes halogenated alkanes) is 2. The van der Waals surface area contributed by atoms with E-state index in [0.717, 1.165) is 25.3 Å². The van der Waals surface area contributed by atoms with Gasteiger partial charge in [0.25, 0.3) is 0 Å². The molecule has 2 rings (SSSR count). The maximum Gasteiger partial charge on any atom is 0.348 e. The van der Waals surface area contributed by atoms with E-state index in [2.05, 4.69) is 16.8 Å². The minimum Gasteiger partial charge on any atom is -0.478 e. The van der Waals surface area contributed by atoms with Gasteiger partial charge in [-0.15, -0.1) is 0 Å². The summed E-state index contributed by atoms with van der Waals surface area (Å²) in [5, 5.41) is 9.64. The van der Waals surface area contributed by atoms with Crippen LogP contribution in [0.25, 0.3) is 0 Å². The molecular formula is C17H26N2O3. The van der Waals surface area contributed by atoms with Crippen molar-refractivity contribution in [1.82, 2.24) is 9.88 Å². The molecule has 1 aromatic heterocycles. The van der Waals surface area contributed by atoms with Crippen molar-refractivity contribution in [1.29, 1.82) is 0 Å². The third-order valence-electron chi connectivity index (χ3n) is 4.33. The van der Waals surface area contributed by atoms with E-state index in [0.29, 0.717) is 18.6 Å². The summed E-state index contributed by atoms with van der Waals surface area (Å²) in [5.74, 6) is -0.339. The molecule has 5 heteroatoms. The zero-order valence-electron chi connectivity index (χ0n) is 13.5. The predicted molar refractivity (Wildman–Crippen MR) is 85.2 cm³/mol. The molecule has 1 aromatic rings. The van der Waals surface area contributed by atoms with Crippen LogP contribution in [0.5, 0.6) is 5.75 Å². The van der Waals surface area contributed by atoms with Gasteiger partial charge in [0.05, 0.1) is 6.20 Å². The first kappa shape index (κ1) is 16.7. The molecule has 1 N–H and O–H groups in total. The normalized spacial score (nSPS) is 18.1. The topological polar surface area (TPSA) is 62.7 Å². The van der Waals surface area contributed by atoms with Crippen LogP contribution < -0.4 is 4.74 Å². The molecule has 0 saturated carbocycles. The SMILES string of the molecule is CCCCCN1CCC(Oc2ccc(C)nc2)(C(=O)O)CC1. The van der Waals surface area contributed by atoms with E-state index in [9.17, 15) is 9.90 Å². The summed E-state index contributed by atoms with van der Waals surface area (Å²) >= 11 is 0. The van der Waals surface area contributed by atoms with Crippen molar-refractivity contribution >= 4 is 5.97 Å². The van der Waals surface area contributed by atoms with Gasteiger partial charge in [-0.3, -0.25) is 4.98 Å². The van der Waals surface area contributed by atoms with Gasteiger partial charge in [0, 0.05) is 31.6 Å². The molecule has 0 amide bonds. The molecule has 1 aliphatic heterocycles. The number of hydrogen-bond donors (Lipinski definition) is 1. The molecule has 1 saturated heterocycles. The lowest BCUT2D eigenvalue weighted by molar-refractivity contribution is -0.159. The molecule has 0 spiro atoms. The number of hydrogen-bond acceptors (Lipinski definition) is 4. The van der Waals surface area contributed by atoms with Gasteiger partial charge in [0.1, 0.15) is 5.75 Å². The van der Waals surface area contributed by atoms with Crippen LogP contribution in [0.1, 0.15) is 44.7 Å². The second kappa shape index (κ2) is 7.58. The molecule has 0 aromatic carbocycles. The largest absolute Gasteiger partial charge is 0.478 e. The maximum absolute atomic E-state index is 11.8. The Labute approximate surface area is 132 Å². The highest BCUT2D eigenvalue weighted by Gasteiger charge is 2.44. The maximum atomic E-state index is 11.8. The first-order valence-corrected chi connectivity index (χ1v) is 8.13. The number of aliphatic carboxylic acids is 1. The van der Waals surface area contributed by atoms with E-state index >= 15 is 0 Å². The van der Waals surface area contributed by atoms with Crippen LogP contribution in [-0.2, 0) is 4.79 Å². The molecule has 1 fully saturated rings. The first-order valence-electron chi connectivity index (χ1n) is 8.13. The summed E-state index contributed by atoms with van der Waals surface area (Å²) in [6.07, 6.45) is 6.25. The molecule has 122 valence electrons. The van der Waals surface area contributed by atoms with E-state index in [1.54, 1.807) is 12.3 Å². The third-order valence-corrected chi connectivity index (χ3v) is 4.33. The Morgan fingerprint density at radius 1 is 1.36 bits per heavy atom. The second-order valence-corrected chi connectivity index (χ2v) is 6.09. The molecule has 2 heterocycles. The van der Waals surface area contributed by atoms with Crippen LogP contribution in [0.2, 0.25) is 0 Å². The lowest BCUT2D eigenvalue weighted by Gasteiger charge is -2.38. The van der Waals surface area contributed by atoms with Gasteiger partial charge >= 0.3 is 5.97 Å². The van der Waals surface area contributed by atoms with Crippen LogP contribution in [0, 0.1) is 6.92 Å². The number of carboxylic acids is 1. The zero-order valence-corrected chi connectivity index (χ0v) is 13.5. The number of aryl methyl sites for hydroxylation is 1. The standard InChI is InChI=1S/C17H26N2O3/c1-3-4-5-10-19-11-8-17(9-12-19,16(20)21)22-15-7-6-14(2)18-13-15/h6-7,13H,3-5,8-12H2,1-2H3,(H,20,21). The van der Waals surface area contributed by atoms with Crippen LogP contribution in [0.3, 0.4) is 0 Å². The molecule has 0 unspecified atom stereocenters. The van der Waals surface area contributed by atoms with Gasteiger partial charge in [0.15, 0.2) is 0 Å². The van der Waals surface area contributed by atoms with E-state index in [1.165, 1.54) is 19.3 Å². The van der Waals surface area contributed by atoms with Gasteiger partial charge in [-0.1, -0.05) is 19.8 Å². The zero-order chi connectivity index (χ0) is 16.0. The first-order chi connectivity index (χ1) is 10.6. The number of rotatable bonds is 7. The minimum absolute atomic E-state index is 0.516.